The average molecular weight is 179 g/mol. The van der Waals surface area contributed by atoms with E-state index in [9.17, 15) is 8.42 Å². The van der Waals surface area contributed by atoms with Gasteiger partial charge in [0.15, 0.2) is 9.84 Å². The topological polar surface area (TPSA) is 69.4 Å². The van der Waals surface area contributed by atoms with Gasteiger partial charge in [0.1, 0.15) is 0 Å². The Balaban J connectivity index is 3.93. The molecule has 0 saturated heterocycles. The Morgan fingerprint density at radius 3 is 2.55 bits per heavy atom. The van der Waals surface area contributed by atoms with Crippen LogP contribution in [0.5, 0.6) is 0 Å². The second-order valence-corrected chi connectivity index (χ2v) is 4.21. The van der Waals surface area contributed by atoms with Gasteiger partial charge in [0.2, 0.25) is 0 Å². The molecule has 1 atom stereocenters. The first-order valence-corrected chi connectivity index (χ1v) is 5.04. The van der Waals surface area contributed by atoms with Crippen molar-refractivity contribution in [3.63, 3.8) is 0 Å². The first-order chi connectivity index (χ1) is 4.95. The molecule has 0 aliphatic carbocycles. The van der Waals surface area contributed by atoms with Crippen LogP contribution >= 0.6 is 0 Å². The highest BCUT2D eigenvalue weighted by Crippen LogP contribution is 1.88. The molecular weight excluding hydrogens is 166 g/mol. The van der Waals surface area contributed by atoms with Gasteiger partial charge in [-0.1, -0.05) is 6.08 Å². The number of hydrogen-bond donors (Lipinski definition) is 1. The van der Waals surface area contributed by atoms with E-state index < -0.39 is 9.84 Å². The molecular formula is C6H13NO3S. The monoisotopic (exact) mass is 179 g/mol. The molecule has 0 aliphatic rings. The lowest BCUT2D eigenvalue weighted by molar-refractivity contribution is 0.192. The van der Waals surface area contributed by atoms with Crippen LogP contribution in [-0.4, -0.2) is 34.4 Å². The normalized spacial score (nSPS) is 15.5. The van der Waals surface area contributed by atoms with Crippen molar-refractivity contribution in [2.24, 2.45) is 5.73 Å². The first-order valence-electron chi connectivity index (χ1n) is 3.08. The standard InChI is InChI=1S/C6H13NO3S/c1-10-5-6(7)3-4-11(2,8)9/h3-4,6H,5,7H2,1-2H3/b4-3+/t6-/m1/s1. The summed E-state index contributed by atoms with van der Waals surface area (Å²) in [6.07, 6.45) is 2.52. The van der Waals surface area contributed by atoms with E-state index in [1.54, 1.807) is 0 Å². The third-order valence-electron chi connectivity index (χ3n) is 0.932. The summed E-state index contributed by atoms with van der Waals surface area (Å²) < 4.78 is 25.8. The molecule has 0 unspecified atom stereocenters. The minimum atomic E-state index is -3.05. The van der Waals surface area contributed by atoms with Gasteiger partial charge in [-0.25, -0.2) is 8.42 Å². The summed E-state index contributed by atoms with van der Waals surface area (Å²) in [7, 11) is -1.55. The van der Waals surface area contributed by atoms with Crippen molar-refractivity contribution in [2.45, 2.75) is 6.04 Å². The molecule has 0 spiro atoms. The summed E-state index contributed by atoms with van der Waals surface area (Å²) in [4.78, 5) is 0. The number of hydrogen-bond acceptors (Lipinski definition) is 4. The molecule has 0 aromatic carbocycles. The molecule has 0 aromatic heterocycles. The lowest BCUT2D eigenvalue weighted by Gasteiger charge is -2.02. The van der Waals surface area contributed by atoms with Crippen molar-refractivity contribution in [3.05, 3.63) is 11.5 Å². The number of ether oxygens (including phenoxy) is 1. The third-order valence-corrected chi connectivity index (χ3v) is 1.58. The molecule has 5 heteroatoms. The van der Waals surface area contributed by atoms with Gasteiger partial charge in [-0.05, 0) is 0 Å². The summed E-state index contributed by atoms with van der Waals surface area (Å²) in [5, 5.41) is 1.08. The number of methoxy groups -OCH3 is 1. The highest BCUT2D eigenvalue weighted by molar-refractivity contribution is 7.93. The van der Waals surface area contributed by atoms with Crippen LogP contribution in [0.4, 0.5) is 0 Å². The van der Waals surface area contributed by atoms with Gasteiger partial charge in [0.05, 0.1) is 6.61 Å². The zero-order valence-electron chi connectivity index (χ0n) is 6.65. The summed E-state index contributed by atoms with van der Waals surface area (Å²) in [6.45, 7) is 0.325. The van der Waals surface area contributed by atoms with Gasteiger partial charge < -0.3 is 10.5 Å². The minimum Gasteiger partial charge on any atom is -0.383 e. The second-order valence-electron chi connectivity index (χ2n) is 2.28. The van der Waals surface area contributed by atoms with Gasteiger partial charge in [0, 0.05) is 24.8 Å². The van der Waals surface area contributed by atoms with E-state index in [4.69, 9.17) is 10.5 Å². The molecule has 4 nitrogen and oxygen atoms in total. The van der Waals surface area contributed by atoms with Gasteiger partial charge in [0.25, 0.3) is 0 Å². The van der Waals surface area contributed by atoms with Crippen LogP contribution in [0.1, 0.15) is 0 Å². The molecule has 0 bridgehead atoms. The second kappa shape index (κ2) is 4.48. The Morgan fingerprint density at radius 1 is 1.64 bits per heavy atom. The Kier molecular flexibility index (Phi) is 4.32. The molecule has 0 aliphatic heterocycles. The van der Waals surface area contributed by atoms with Crippen molar-refractivity contribution in [3.8, 4) is 0 Å². The molecule has 0 rings (SSSR count). The Hall–Kier alpha value is -0.390. The lowest BCUT2D eigenvalue weighted by atomic mass is 10.3. The van der Waals surface area contributed by atoms with Crippen LogP contribution in [0.15, 0.2) is 11.5 Å². The molecule has 0 radical (unpaired) electrons. The van der Waals surface area contributed by atoms with Crippen molar-refractivity contribution >= 4 is 9.84 Å². The van der Waals surface area contributed by atoms with E-state index in [1.165, 1.54) is 13.2 Å². The first kappa shape index (κ1) is 10.6. The molecule has 0 fully saturated rings. The van der Waals surface area contributed by atoms with Crippen LogP contribution in [0.25, 0.3) is 0 Å². The Labute approximate surface area is 67.0 Å². The van der Waals surface area contributed by atoms with E-state index in [1.807, 2.05) is 0 Å². The highest BCUT2D eigenvalue weighted by Gasteiger charge is 1.97. The molecule has 0 saturated carbocycles. The van der Waals surface area contributed by atoms with Gasteiger partial charge in [-0.3, -0.25) is 0 Å². The maximum Gasteiger partial charge on any atom is 0.168 e. The summed E-state index contributed by atoms with van der Waals surface area (Å²) in [5.74, 6) is 0. The lowest BCUT2D eigenvalue weighted by Crippen LogP contribution is -2.22. The fraction of sp³-hybridized carbons (Fsp3) is 0.667. The van der Waals surface area contributed by atoms with E-state index >= 15 is 0 Å². The third kappa shape index (κ3) is 7.51. The molecule has 2 N–H and O–H groups in total. The maximum absolute atomic E-state index is 10.6. The van der Waals surface area contributed by atoms with Gasteiger partial charge in [-0.15, -0.1) is 0 Å². The predicted molar refractivity (Wildman–Crippen MR) is 43.8 cm³/mol. The van der Waals surface area contributed by atoms with E-state index in [2.05, 4.69) is 0 Å². The number of sulfone groups is 1. The van der Waals surface area contributed by atoms with E-state index in [0.29, 0.717) is 6.61 Å². The molecule has 0 amide bonds. The summed E-state index contributed by atoms with van der Waals surface area (Å²) in [6, 6.07) is -0.352. The Bertz CT molecular complexity index is 220. The smallest absolute Gasteiger partial charge is 0.168 e. The summed E-state index contributed by atoms with van der Waals surface area (Å²) in [5.41, 5.74) is 5.42. The minimum absolute atomic E-state index is 0.325. The SMILES string of the molecule is COC[C@H](N)/C=C/S(C)(=O)=O. The fourth-order valence-corrected chi connectivity index (χ4v) is 0.979. The van der Waals surface area contributed by atoms with Gasteiger partial charge >= 0.3 is 0 Å². The van der Waals surface area contributed by atoms with E-state index in [-0.39, 0.29) is 6.04 Å². The van der Waals surface area contributed by atoms with Crippen LogP contribution in [0.2, 0.25) is 0 Å². The van der Waals surface area contributed by atoms with Crippen LogP contribution in [-0.2, 0) is 14.6 Å². The zero-order chi connectivity index (χ0) is 8.91. The molecule has 0 heterocycles. The molecule has 11 heavy (non-hydrogen) atoms. The quantitative estimate of drug-likeness (QED) is 0.632. The van der Waals surface area contributed by atoms with Gasteiger partial charge in [-0.2, -0.15) is 0 Å². The largest absolute Gasteiger partial charge is 0.383 e. The average Bonchev–Trinajstić information content (AvgIpc) is 1.83. The molecule has 0 aromatic rings. The zero-order valence-corrected chi connectivity index (χ0v) is 7.47. The van der Waals surface area contributed by atoms with Crippen LogP contribution < -0.4 is 5.73 Å². The fourth-order valence-electron chi connectivity index (χ4n) is 0.492. The number of rotatable bonds is 4. The van der Waals surface area contributed by atoms with Crippen molar-refractivity contribution in [2.75, 3.05) is 20.0 Å². The molecule has 66 valence electrons. The maximum atomic E-state index is 10.6. The highest BCUT2D eigenvalue weighted by atomic mass is 32.2. The van der Waals surface area contributed by atoms with Crippen molar-refractivity contribution in [1.82, 2.24) is 0 Å². The van der Waals surface area contributed by atoms with Crippen molar-refractivity contribution < 1.29 is 13.2 Å². The van der Waals surface area contributed by atoms with Crippen LogP contribution in [0, 0.1) is 0 Å². The van der Waals surface area contributed by atoms with E-state index in [0.717, 1.165) is 11.7 Å². The predicted octanol–water partition coefficient (Wildman–Crippen LogP) is -0.482. The summed E-state index contributed by atoms with van der Waals surface area (Å²) >= 11 is 0. The van der Waals surface area contributed by atoms with Crippen molar-refractivity contribution in [1.29, 1.82) is 0 Å². The van der Waals surface area contributed by atoms with Crippen LogP contribution in [0.3, 0.4) is 0 Å². The number of nitrogens with two attached hydrogens (primary N) is 1. The Morgan fingerprint density at radius 2 is 2.18 bits per heavy atom.